The fourth-order valence-electron chi connectivity index (χ4n) is 2.05. The molecule has 0 amide bonds. The number of rotatable bonds is 6. The van der Waals surface area contributed by atoms with E-state index >= 15 is 0 Å². The molecular weight excluding hydrogens is 345 g/mol. The van der Waals surface area contributed by atoms with Crippen molar-refractivity contribution in [1.29, 1.82) is 0 Å². The molecule has 0 aromatic rings. The van der Waals surface area contributed by atoms with E-state index in [1.165, 1.54) is 27.7 Å². The van der Waals surface area contributed by atoms with Gasteiger partial charge in [-0.2, -0.15) is 26.4 Å². The summed E-state index contributed by atoms with van der Waals surface area (Å²) in [6.07, 6.45) is 0. The zero-order valence-electron chi connectivity index (χ0n) is 12.6. The molecule has 7 nitrogen and oxygen atoms in total. The van der Waals surface area contributed by atoms with Gasteiger partial charge in [0, 0.05) is 0 Å². The molecule has 0 fully saturated rings. The lowest BCUT2D eigenvalue weighted by Gasteiger charge is -2.32. The highest BCUT2D eigenvalue weighted by Gasteiger charge is 2.64. The SMILES string of the molecule is COC(=O)C(=[N+]=[N-])[Si](OS(=O)(=O)C(F)(F)F)(C(C)C)C(C)C. The largest absolute Gasteiger partial charge is 0.522 e. The number of carbonyl (C=O) groups excluding carboxylic acids is 1. The Morgan fingerprint density at radius 2 is 1.59 bits per heavy atom. The molecule has 0 N–H and O–H groups in total. The van der Waals surface area contributed by atoms with Crippen LogP contribution >= 0.6 is 0 Å². The Labute approximate surface area is 127 Å². The second-order valence-electron chi connectivity index (χ2n) is 5.03. The Bertz CT molecular complexity index is 574. The van der Waals surface area contributed by atoms with E-state index in [0.717, 1.165) is 7.11 Å². The molecule has 0 atom stereocenters. The maximum absolute atomic E-state index is 12.6. The van der Waals surface area contributed by atoms with Gasteiger partial charge < -0.3 is 10.3 Å². The highest BCUT2D eigenvalue weighted by atomic mass is 32.2. The van der Waals surface area contributed by atoms with Crippen LogP contribution < -0.4 is 0 Å². The number of hydrogen-bond acceptors (Lipinski definition) is 5. The first kappa shape index (κ1) is 20.8. The molecule has 0 unspecified atom stereocenters. The Morgan fingerprint density at radius 1 is 1.18 bits per heavy atom. The number of carbonyl (C=O) groups is 1. The van der Waals surface area contributed by atoms with Crippen LogP contribution in [-0.4, -0.2) is 45.4 Å². The van der Waals surface area contributed by atoms with Crippen LogP contribution in [0.1, 0.15) is 27.7 Å². The highest BCUT2D eigenvalue weighted by molar-refractivity contribution is 7.89. The zero-order valence-corrected chi connectivity index (χ0v) is 14.4. The molecule has 0 rings (SSSR count). The van der Waals surface area contributed by atoms with Crippen LogP contribution in [0.25, 0.3) is 5.53 Å². The van der Waals surface area contributed by atoms with Gasteiger partial charge in [0.2, 0.25) is 0 Å². The van der Waals surface area contributed by atoms with Crippen LogP contribution in [0.4, 0.5) is 13.2 Å². The van der Waals surface area contributed by atoms with Gasteiger partial charge in [-0.1, -0.05) is 27.7 Å². The van der Waals surface area contributed by atoms with Gasteiger partial charge in [-0.25, -0.2) is 4.79 Å². The fourth-order valence-corrected chi connectivity index (χ4v) is 8.74. The van der Waals surface area contributed by atoms with Gasteiger partial charge in [0.15, 0.2) is 0 Å². The van der Waals surface area contributed by atoms with E-state index in [9.17, 15) is 26.4 Å². The maximum Gasteiger partial charge on any atom is 0.522 e. The molecule has 12 heteroatoms. The average Bonchev–Trinajstić information content (AvgIpc) is 2.35. The van der Waals surface area contributed by atoms with Crippen molar-refractivity contribution >= 4 is 29.7 Å². The Morgan fingerprint density at radius 3 is 1.82 bits per heavy atom. The smallest absolute Gasteiger partial charge is 0.461 e. The van der Waals surface area contributed by atoms with Crippen molar-refractivity contribution < 1.29 is 39.8 Å². The first-order valence-corrected chi connectivity index (χ1v) is 9.57. The van der Waals surface area contributed by atoms with Crippen molar-refractivity contribution in [3.8, 4) is 0 Å². The van der Waals surface area contributed by atoms with Crippen molar-refractivity contribution in [2.75, 3.05) is 7.11 Å². The third-order valence-corrected chi connectivity index (χ3v) is 10.1. The normalized spacial score (nSPS) is 13.2. The van der Waals surface area contributed by atoms with E-state index < -0.39 is 46.3 Å². The lowest BCUT2D eigenvalue weighted by molar-refractivity contribution is -0.136. The van der Waals surface area contributed by atoms with E-state index in [1.54, 1.807) is 0 Å². The van der Waals surface area contributed by atoms with Gasteiger partial charge in [-0.15, -0.1) is 0 Å². The number of methoxy groups -OCH3 is 1. The van der Waals surface area contributed by atoms with Gasteiger partial charge >= 0.3 is 35.2 Å². The van der Waals surface area contributed by atoms with E-state index in [1.807, 2.05) is 0 Å². The third-order valence-electron chi connectivity index (χ3n) is 3.10. The minimum atomic E-state index is -5.98. The number of alkyl halides is 3. The number of esters is 1. The molecule has 0 aliphatic heterocycles. The highest BCUT2D eigenvalue weighted by Crippen LogP contribution is 2.39. The van der Waals surface area contributed by atoms with Gasteiger partial charge in [-0.05, 0) is 11.1 Å². The Hall–Kier alpha value is -1.23. The van der Waals surface area contributed by atoms with Crippen LogP contribution in [0.3, 0.4) is 0 Å². The number of halogens is 3. The van der Waals surface area contributed by atoms with Gasteiger partial charge in [-0.3, -0.25) is 3.87 Å². The third kappa shape index (κ3) is 3.75. The molecule has 0 heterocycles. The summed E-state index contributed by atoms with van der Waals surface area (Å²) in [7, 11) is -9.25. The topological polar surface area (TPSA) is 106 Å². The molecule has 0 aliphatic rings. The number of ether oxygens (including phenoxy) is 1. The predicted molar refractivity (Wildman–Crippen MR) is 72.7 cm³/mol. The molecule has 22 heavy (non-hydrogen) atoms. The van der Waals surface area contributed by atoms with E-state index in [2.05, 4.69) is 13.4 Å². The van der Waals surface area contributed by atoms with Crippen molar-refractivity contribution in [3.63, 3.8) is 0 Å². The summed E-state index contributed by atoms with van der Waals surface area (Å²) in [5, 5.41) is -0.826. The summed E-state index contributed by atoms with van der Waals surface area (Å²) in [6.45, 7) is 5.52. The maximum atomic E-state index is 12.6. The number of hydrogen-bond donors (Lipinski definition) is 0. The second-order valence-corrected chi connectivity index (χ2v) is 11.4. The van der Waals surface area contributed by atoms with Crippen LogP contribution in [0, 0.1) is 0 Å². The monoisotopic (exact) mass is 362 g/mol. The molecule has 0 radical (unpaired) electrons. The molecule has 0 aliphatic carbocycles. The van der Waals surface area contributed by atoms with E-state index in [0.29, 0.717) is 0 Å². The molecule has 0 spiro atoms. The molecule has 128 valence electrons. The fraction of sp³-hybridized carbons (Fsp3) is 0.800. The van der Waals surface area contributed by atoms with Crippen LogP contribution in [0.5, 0.6) is 0 Å². The quantitative estimate of drug-likeness (QED) is 0.179. The second kappa shape index (κ2) is 6.90. The first-order chi connectivity index (χ1) is 9.77. The lowest BCUT2D eigenvalue weighted by Crippen LogP contribution is -2.59. The van der Waals surface area contributed by atoms with Crippen LogP contribution in [0.15, 0.2) is 0 Å². The minimum absolute atomic E-state index is 0.824. The molecule has 0 aromatic carbocycles. The van der Waals surface area contributed by atoms with Crippen LogP contribution in [0.2, 0.25) is 11.1 Å². The standard InChI is InChI=1S/C10H17F3N2O5SSi/c1-6(2)22(7(3)4,8(15-14)9(16)19-5)20-21(17,18)10(11,12)13/h6-7H,1-5H3. The summed E-state index contributed by atoms with van der Waals surface area (Å²) in [4.78, 5) is 14.4. The Kier molecular flexibility index (Phi) is 6.51. The van der Waals surface area contributed by atoms with Gasteiger partial charge in [0.05, 0.1) is 7.11 Å². The lowest BCUT2D eigenvalue weighted by atomic mass is 10.5. The van der Waals surface area contributed by atoms with Crippen LogP contribution in [-0.2, 0) is 23.5 Å². The molecule has 0 bridgehead atoms. The van der Waals surface area contributed by atoms with E-state index in [-0.39, 0.29) is 0 Å². The molecule has 0 aromatic heterocycles. The predicted octanol–water partition coefficient (Wildman–Crippen LogP) is 2.00. The first-order valence-electron chi connectivity index (χ1n) is 6.10. The summed E-state index contributed by atoms with van der Waals surface area (Å²) in [5.41, 5.74) is 1.72. The summed E-state index contributed by atoms with van der Waals surface area (Å²) in [6, 6.07) is 0. The van der Waals surface area contributed by atoms with Gasteiger partial charge in [0.25, 0.3) is 0 Å². The van der Waals surface area contributed by atoms with Crippen molar-refractivity contribution in [2.24, 2.45) is 0 Å². The minimum Gasteiger partial charge on any atom is -0.461 e. The van der Waals surface area contributed by atoms with Gasteiger partial charge in [0.1, 0.15) is 0 Å². The summed E-state index contributed by atoms with van der Waals surface area (Å²) in [5.74, 6) is -1.24. The van der Waals surface area contributed by atoms with Crippen molar-refractivity contribution in [3.05, 3.63) is 5.53 Å². The average molecular weight is 362 g/mol. The molecular formula is C10H17F3N2O5SSi. The van der Waals surface area contributed by atoms with Crippen molar-refractivity contribution in [2.45, 2.75) is 44.3 Å². The Balaban J connectivity index is 6.41. The number of nitrogens with zero attached hydrogens (tertiary/aromatic N) is 2. The summed E-state index contributed by atoms with van der Waals surface area (Å²) >= 11 is 0. The van der Waals surface area contributed by atoms with Crippen molar-refractivity contribution in [1.82, 2.24) is 0 Å². The van der Waals surface area contributed by atoms with E-state index in [4.69, 9.17) is 5.53 Å². The summed E-state index contributed by atoms with van der Waals surface area (Å²) < 4.78 is 69.6. The molecule has 0 saturated heterocycles. The molecule has 0 saturated carbocycles. The zero-order chi connectivity index (χ0) is 17.9.